The summed E-state index contributed by atoms with van der Waals surface area (Å²) in [4.78, 5) is 9.05. The molecule has 5 nitrogen and oxygen atoms in total. The van der Waals surface area contributed by atoms with Crippen LogP contribution in [0.2, 0.25) is 5.15 Å². The number of methoxy groups -OCH3 is 1. The van der Waals surface area contributed by atoms with Gasteiger partial charge in [0.1, 0.15) is 4.88 Å². The molecule has 0 saturated heterocycles. The van der Waals surface area contributed by atoms with Crippen molar-refractivity contribution in [2.75, 3.05) is 7.11 Å². The van der Waals surface area contributed by atoms with E-state index in [1.54, 1.807) is 0 Å². The molecule has 15 heavy (non-hydrogen) atoms. The van der Waals surface area contributed by atoms with Crippen LogP contribution in [0.25, 0.3) is 10.7 Å². The summed E-state index contributed by atoms with van der Waals surface area (Å²) in [5.41, 5.74) is 0.793. The molecule has 7 heteroatoms. The average Bonchev–Trinajstić information content (AvgIpc) is 2.64. The van der Waals surface area contributed by atoms with E-state index in [0.29, 0.717) is 11.6 Å². The van der Waals surface area contributed by atoms with Gasteiger partial charge < -0.3 is 4.74 Å². The Labute approximate surface area is 95.3 Å². The highest BCUT2D eigenvalue weighted by molar-refractivity contribution is 7.09. The van der Waals surface area contributed by atoms with Gasteiger partial charge in [0.2, 0.25) is 0 Å². The molecule has 2 rings (SSSR count). The fourth-order valence-corrected chi connectivity index (χ4v) is 1.84. The molecule has 0 aliphatic rings. The van der Waals surface area contributed by atoms with Crippen molar-refractivity contribution in [1.82, 2.24) is 19.6 Å². The first-order valence-corrected chi connectivity index (χ1v) is 5.23. The maximum atomic E-state index is 5.89. The fourth-order valence-electron chi connectivity index (χ4n) is 1.03. The molecule has 0 spiro atoms. The number of aryl methyl sites for hydroxylation is 1. The van der Waals surface area contributed by atoms with E-state index in [1.807, 2.05) is 6.92 Å². The monoisotopic (exact) mass is 242 g/mol. The summed E-state index contributed by atoms with van der Waals surface area (Å²) in [7, 11) is 1.52. The Morgan fingerprint density at radius 3 is 2.80 bits per heavy atom. The minimum absolute atomic E-state index is 0.287. The van der Waals surface area contributed by atoms with Crippen LogP contribution in [0, 0.1) is 6.92 Å². The van der Waals surface area contributed by atoms with E-state index in [1.165, 1.54) is 24.8 Å². The van der Waals surface area contributed by atoms with E-state index in [4.69, 9.17) is 16.3 Å². The molecule has 0 aliphatic carbocycles. The molecule has 2 aromatic heterocycles. The third-order valence-electron chi connectivity index (χ3n) is 1.79. The number of halogens is 1. The molecular formula is C8H7ClN4OS. The van der Waals surface area contributed by atoms with Crippen molar-refractivity contribution in [2.45, 2.75) is 6.92 Å². The zero-order valence-corrected chi connectivity index (χ0v) is 9.63. The highest BCUT2D eigenvalue weighted by Gasteiger charge is 2.12. The van der Waals surface area contributed by atoms with Crippen molar-refractivity contribution in [1.29, 1.82) is 0 Å². The molecule has 0 aromatic carbocycles. The summed E-state index contributed by atoms with van der Waals surface area (Å²) in [6.07, 6.45) is 1.53. The van der Waals surface area contributed by atoms with Crippen LogP contribution < -0.4 is 4.74 Å². The van der Waals surface area contributed by atoms with Crippen LogP contribution in [0.3, 0.4) is 0 Å². The average molecular weight is 243 g/mol. The summed E-state index contributed by atoms with van der Waals surface area (Å²) in [6.45, 7) is 1.85. The lowest BCUT2D eigenvalue weighted by atomic mass is 10.4. The molecular weight excluding hydrogens is 236 g/mol. The van der Waals surface area contributed by atoms with Crippen LogP contribution in [0.5, 0.6) is 5.75 Å². The van der Waals surface area contributed by atoms with Crippen LogP contribution in [0.1, 0.15) is 5.69 Å². The van der Waals surface area contributed by atoms with E-state index >= 15 is 0 Å². The molecule has 0 aliphatic heterocycles. The molecule has 0 atom stereocenters. The molecule has 78 valence electrons. The second kappa shape index (κ2) is 4.08. The first kappa shape index (κ1) is 10.3. The summed E-state index contributed by atoms with van der Waals surface area (Å²) in [5.74, 6) is 0.976. The lowest BCUT2D eigenvalue weighted by Crippen LogP contribution is -1.93. The minimum Gasteiger partial charge on any atom is -0.492 e. The van der Waals surface area contributed by atoms with Gasteiger partial charge in [0.15, 0.2) is 16.7 Å². The van der Waals surface area contributed by atoms with Gasteiger partial charge in [-0.3, -0.25) is 0 Å². The molecule has 2 heterocycles. The van der Waals surface area contributed by atoms with Crippen molar-refractivity contribution in [3.8, 4) is 16.5 Å². The van der Waals surface area contributed by atoms with Crippen LogP contribution in [0.4, 0.5) is 0 Å². The van der Waals surface area contributed by atoms with Gasteiger partial charge >= 0.3 is 0 Å². The van der Waals surface area contributed by atoms with Gasteiger partial charge in [0, 0.05) is 0 Å². The van der Waals surface area contributed by atoms with Gasteiger partial charge in [-0.2, -0.15) is 0 Å². The van der Waals surface area contributed by atoms with Crippen molar-refractivity contribution in [3.05, 3.63) is 17.0 Å². The van der Waals surface area contributed by atoms with E-state index in [0.717, 1.165) is 10.6 Å². The number of nitrogens with zero attached hydrogens (tertiary/aromatic N) is 4. The number of ether oxygens (including phenoxy) is 1. The zero-order chi connectivity index (χ0) is 10.8. The Kier molecular flexibility index (Phi) is 2.79. The Balaban J connectivity index is 2.47. The quantitative estimate of drug-likeness (QED) is 0.754. The smallest absolute Gasteiger partial charge is 0.175 e. The number of aromatic nitrogens is 4. The van der Waals surface area contributed by atoms with Crippen molar-refractivity contribution >= 4 is 23.1 Å². The van der Waals surface area contributed by atoms with Gasteiger partial charge in [-0.15, -0.1) is 5.10 Å². The van der Waals surface area contributed by atoms with Crippen molar-refractivity contribution in [2.24, 2.45) is 0 Å². The molecule has 0 bridgehead atoms. The zero-order valence-electron chi connectivity index (χ0n) is 8.06. The number of rotatable bonds is 2. The maximum absolute atomic E-state index is 5.89. The normalized spacial score (nSPS) is 10.3. The molecule has 0 radical (unpaired) electrons. The van der Waals surface area contributed by atoms with E-state index in [9.17, 15) is 0 Å². The summed E-state index contributed by atoms with van der Waals surface area (Å²) >= 11 is 7.13. The second-order valence-corrected chi connectivity index (χ2v) is 3.85. The van der Waals surface area contributed by atoms with Crippen molar-refractivity contribution < 1.29 is 4.74 Å². The summed E-state index contributed by atoms with van der Waals surface area (Å²) < 4.78 is 8.77. The Morgan fingerprint density at radius 1 is 1.47 bits per heavy atom. The third kappa shape index (κ3) is 1.91. The summed E-state index contributed by atoms with van der Waals surface area (Å²) in [5, 5.41) is 4.17. The third-order valence-corrected chi connectivity index (χ3v) is 2.88. The number of hydrogen-bond donors (Lipinski definition) is 0. The SMILES string of the molecule is COc1cnc(-c2snnc2C)nc1Cl. The molecule has 2 aromatic rings. The molecule has 0 N–H and O–H groups in total. The van der Waals surface area contributed by atoms with Gasteiger partial charge in [0.25, 0.3) is 0 Å². The van der Waals surface area contributed by atoms with E-state index in [-0.39, 0.29) is 5.15 Å². The van der Waals surface area contributed by atoms with Gasteiger partial charge in [-0.25, -0.2) is 9.97 Å². The highest BCUT2D eigenvalue weighted by atomic mass is 35.5. The molecule has 0 unspecified atom stereocenters. The van der Waals surface area contributed by atoms with Crippen LogP contribution in [0.15, 0.2) is 6.20 Å². The van der Waals surface area contributed by atoms with Crippen molar-refractivity contribution in [3.63, 3.8) is 0 Å². The molecule has 0 fully saturated rings. The van der Waals surface area contributed by atoms with Crippen LogP contribution >= 0.6 is 23.1 Å². The predicted molar refractivity (Wildman–Crippen MR) is 57.2 cm³/mol. The topological polar surface area (TPSA) is 60.8 Å². The lowest BCUT2D eigenvalue weighted by molar-refractivity contribution is 0.411. The molecule has 0 saturated carbocycles. The summed E-state index contributed by atoms with van der Waals surface area (Å²) in [6, 6.07) is 0. The Bertz CT molecular complexity index is 487. The van der Waals surface area contributed by atoms with Crippen LogP contribution in [-0.4, -0.2) is 26.7 Å². The van der Waals surface area contributed by atoms with E-state index in [2.05, 4.69) is 19.6 Å². The minimum atomic E-state index is 0.287. The Morgan fingerprint density at radius 2 is 2.27 bits per heavy atom. The van der Waals surface area contributed by atoms with Gasteiger partial charge in [-0.1, -0.05) is 16.1 Å². The standard InChI is InChI=1S/C8H7ClN4OS/c1-4-6(15-13-12-4)8-10-3-5(14-2)7(9)11-8/h3H,1-2H3. The van der Waals surface area contributed by atoms with E-state index < -0.39 is 0 Å². The maximum Gasteiger partial charge on any atom is 0.175 e. The fraction of sp³-hybridized carbons (Fsp3) is 0.250. The van der Waals surface area contributed by atoms with Gasteiger partial charge in [-0.05, 0) is 18.5 Å². The van der Waals surface area contributed by atoms with Crippen LogP contribution in [-0.2, 0) is 0 Å². The van der Waals surface area contributed by atoms with Gasteiger partial charge in [0.05, 0.1) is 19.0 Å². The molecule has 0 amide bonds. The highest BCUT2D eigenvalue weighted by Crippen LogP contribution is 2.26. The predicted octanol–water partition coefficient (Wildman–Crippen LogP) is 1.97. The lowest BCUT2D eigenvalue weighted by Gasteiger charge is -2.02. The first-order chi connectivity index (χ1) is 7.22. The first-order valence-electron chi connectivity index (χ1n) is 4.08. The largest absolute Gasteiger partial charge is 0.492 e. The second-order valence-electron chi connectivity index (χ2n) is 2.74. The number of hydrogen-bond acceptors (Lipinski definition) is 6. The Hall–Kier alpha value is -1.27.